The van der Waals surface area contributed by atoms with Gasteiger partial charge in [0, 0.05) is 25.3 Å². The van der Waals surface area contributed by atoms with Gasteiger partial charge in [0.15, 0.2) is 0 Å². The van der Waals surface area contributed by atoms with Gasteiger partial charge in [0.1, 0.15) is 6.04 Å². The first-order valence-electron chi connectivity index (χ1n) is 5.55. The largest absolute Gasteiger partial charge is 0.387 e. The van der Waals surface area contributed by atoms with Crippen molar-refractivity contribution in [2.75, 3.05) is 19.6 Å². The summed E-state index contributed by atoms with van der Waals surface area (Å²) in [6.07, 6.45) is 3.43. The fraction of sp³-hybridized carbons (Fsp3) is 0.727. The van der Waals surface area contributed by atoms with Gasteiger partial charge in [-0.25, -0.2) is 0 Å². The number of likely N-dealkylation sites (tertiary alicyclic amines) is 1. The molecule has 0 aliphatic carbocycles. The van der Waals surface area contributed by atoms with Crippen LogP contribution in [0.5, 0.6) is 0 Å². The smallest absolute Gasteiger partial charge is 0.241 e. The van der Waals surface area contributed by atoms with Crippen molar-refractivity contribution in [1.29, 1.82) is 0 Å². The topological polar surface area (TPSA) is 58.4 Å². The Labute approximate surface area is 91.5 Å². The first kappa shape index (κ1) is 12.0. The Morgan fingerprint density at radius 2 is 2.07 bits per heavy atom. The van der Waals surface area contributed by atoms with Crippen LogP contribution in [0.25, 0.3) is 0 Å². The summed E-state index contributed by atoms with van der Waals surface area (Å²) in [4.78, 5) is 13.7. The lowest BCUT2D eigenvalue weighted by Crippen LogP contribution is -2.49. The Kier molecular flexibility index (Phi) is 4.62. The monoisotopic (exact) mass is 211 g/mol. The molecule has 0 radical (unpaired) electrons. The van der Waals surface area contributed by atoms with Gasteiger partial charge in [0.05, 0.1) is 0 Å². The Morgan fingerprint density at radius 3 is 2.60 bits per heavy atom. The van der Waals surface area contributed by atoms with E-state index in [4.69, 9.17) is 5.73 Å². The molecule has 4 heteroatoms. The van der Waals surface area contributed by atoms with Gasteiger partial charge in [-0.15, -0.1) is 0 Å². The summed E-state index contributed by atoms with van der Waals surface area (Å²) >= 11 is 0. The number of rotatable bonds is 4. The summed E-state index contributed by atoms with van der Waals surface area (Å²) < 4.78 is 0. The zero-order valence-electron chi connectivity index (χ0n) is 9.46. The van der Waals surface area contributed by atoms with Crippen LogP contribution in [0.3, 0.4) is 0 Å². The van der Waals surface area contributed by atoms with E-state index in [0.29, 0.717) is 6.54 Å². The molecule has 1 aliphatic heterocycles. The maximum Gasteiger partial charge on any atom is 0.241 e. The highest BCUT2D eigenvalue weighted by atomic mass is 16.2. The minimum absolute atomic E-state index is 0.0588. The van der Waals surface area contributed by atoms with Crippen molar-refractivity contribution in [1.82, 2.24) is 10.2 Å². The number of hydrogen-bond acceptors (Lipinski definition) is 3. The van der Waals surface area contributed by atoms with Crippen LogP contribution in [0.4, 0.5) is 0 Å². The van der Waals surface area contributed by atoms with Gasteiger partial charge in [-0.3, -0.25) is 4.79 Å². The van der Waals surface area contributed by atoms with Crippen molar-refractivity contribution in [2.24, 2.45) is 5.73 Å². The van der Waals surface area contributed by atoms with Crippen LogP contribution in [0.1, 0.15) is 26.2 Å². The normalized spacial score (nSPS) is 18.4. The molecule has 15 heavy (non-hydrogen) atoms. The van der Waals surface area contributed by atoms with Crippen LogP contribution in [0.15, 0.2) is 12.3 Å². The number of carbonyl (C=O) groups excluding carboxylic acids is 1. The van der Waals surface area contributed by atoms with Gasteiger partial charge in [0.25, 0.3) is 0 Å². The molecule has 0 aromatic rings. The molecule has 1 unspecified atom stereocenters. The van der Waals surface area contributed by atoms with Gasteiger partial charge in [-0.05, 0) is 26.2 Å². The second kappa shape index (κ2) is 5.75. The molecule has 0 spiro atoms. The van der Waals surface area contributed by atoms with Crippen molar-refractivity contribution in [3.63, 3.8) is 0 Å². The SMILES string of the molecule is C=C(C)NCC(N)C(=O)N1CCCCC1. The highest BCUT2D eigenvalue weighted by Gasteiger charge is 2.21. The lowest BCUT2D eigenvalue weighted by molar-refractivity contribution is -0.133. The Balaban J connectivity index is 2.33. The molecule has 4 nitrogen and oxygen atoms in total. The molecule has 1 heterocycles. The minimum Gasteiger partial charge on any atom is -0.387 e. The predicted molar refractivity (Wildman–Crippen MR) is 61.2 cm³/mol. The number of allylic oxidation sites excluding steroid dienone is 1. The Morgan fingerprint density at radius 1 is 1.47 bits per heavy atom. The Bertz CT molecular complexity index is 234. The van der Waals surface area contributed by atoms with E-state index in [2.05, 4.69) is 11.9 Å². The van der Waals surface area contributed by atoms with Gasteiger partial charge in [-0.2, -0.15) is 0 Å². The lowest BCUT2D eigenvalue weighted by atomic mass is 10.1. The summed E-state index contributed by atoms with van der Waals surface area (Å²) in [5.41, 5.74) is 6.65. The first-order chi connectivity index (χ1) is 7.11. The van der Waals surface area contributed by atoms with E-state index in [1.54, 1.807) is 0 Å². The first-order valence-corrected chi connectivity index (χ1v) is 5.55. The van der Waals surface area contributed by atoms with Gasteiger partial charge in [0.2, 0.25) is 5.91 Å². The number of amides is 1. The number of nitrogens with one attached hydrogen (secondary N) is 1. The van der Waals surface area contributed by atoms with Gasteiger partial charge >= 0.3 is 0 Å². The van der Waals surface area contributed by atoms with E-state index in [1.165, 1.54) is 6.42 Å². The molecular formula is C11H21N3O. The van der Waals surface area contributed by atoms with Crippen molar-refractivity contribution in [2.45, 2.75) is 32.2 Å². The summed E-state index contributed by atoms with van der Waals surface area (Å²) in [5, 5.41) is 3.00. The molecule has 0 saturated carbocycles. The molecule has 1 atom stereocenters. The quantitative estimate of drug-likeness (QED) is 0.710. The highest BCUT2D eigenvalue weighted by molar-refractivity contribution is 5.82. The van der Waals surface area contributed by atoms with Gasteiger partial charge < -0.3 is 16.0 Å². The lowest BCUT2D eigenvalue weighted by Gasteiger charge is -2.29. The third-order valence-corrected chi connectivity index (χ3v) is 2.61. The number of carbonyl (C=O) groups is 1. The van der Waals surface area contributed by atoms with Crippen LogP contribution in [-0.2, 0) is 4.79 Å². The molecule has 3 N–H and O–H groups in total. The zero-order chi connectivity index (χ0) is 11.3. The summed E-state index contributed by atoms with van der Waals surface area (Å²) in [5.74, 6) is 0.0588. The minimum atomic E-state index is -0.445. The van der Waals surface area contributed by atoms with E-state index >= 15 is 0 Å². The number of nitrogens with two attached hydrogens (primary N) is 1. The molecule has 1 amide bonds. The van der Waals surface area contributed by atoms with E-state index < -0.39 is 6.04 Å². The molecule has 1 saturated heterocycles. The number of piperidine rings is 1. The fourth-order valence-electron chi connectivity index (χ4n) is 1.72. The highest BCUT2D eigenvalue weighted by Crippen LogP contribution is 2.09. The zero-order valence-corrected chi connectivity index (χ0v) is 9.46. The number of nitrogens with zero attached hydrogens (tertiary/aromatic N) is 1. The summed E-state index contributed by atoms with van der Waals surface area (Å²) in [6.45, 7) is 7.76. The van der Waals surface area contributed by atoms with E-state index in [-0.39, 0.29) is 5.91 Å². The Hall–Kier alpha value is -1.03. The van der Waals surface area contributed by atoms with E-state index in [1.807, 2.05) is 11.8 Å². The standard InChI is InChI=1S/C11H21N3O/c1-9(2)13-8-10(12)11(15)14-6-4-3-5-7-14/h10,13H,1,3-8,12H2,2H3. The number of hydrogen-bond donors (Lipinski definition) is 2. The van der Waals surface area contributed by atoms with Crippen LogP contribution >= 0.6 is 0 Å². The second-order valence-electron chi connectivity index (χ2n) is 4.15. The third-order valence-electron chi connectivity index (χ3n) is 2.61. The van der Waals surface area contributed by atoms with Crippen LogP contribution in [0.2, 0.25) is 0 Å². The van der Waals surface area contributed by atoms with Gasteiger partial charge in [-0.1, -0.05) is 6.58 Å². The third kappa shape index (κ3) is 3.91. The fourth-order valence-corrected chi connectivity index (χ4v) is 1.72. The molecule has 0 aromatic carbocycles. The van der Waals surface area contributed by atoms with Crippen LogP contribution in [-0.4, -0.2) is 36.5 Å². The van der Waals surface area contributed by atoms with Crippen LogP contribution < -0.4 is 11.1 Å². The summed E-state index contributed by atoms with van der Waals surface area (Å²) in [6, 6.07) is -0.445. The molecule has 1 fully saturated rings. The maximum absolute atomic E-state index is 11.8. The molecular weight excluding hydrogens is 190 g/mol. The van der Waals surface area contributed by atoms with Crippen molar-refractivity contribution >= 4 is 5.91 Å². The second-order valence-corrected chi connectivity index (χ2v) is 4.15. The predicted octanol–water partition coefficient (Wildman–Crippen LogP) is 0.449. The van der Waals surface area contributed by atoms with E-state index in [0.717, 1.165) is 31.6 Å². The van der Waals surface area contributed by atoms with Crippen molar-refractivity contribution in [3.8, 4) is 0 Å². The average molecular weight is 211 g/mol. The van der Waals surface area contributed by atoms with Crippen molar-refractivity contribution < 1.29 is 4.79 Å². The summed E-state index contributed by atoms with van der Waals surface area (Å²) in [7, 11) is 0. The molecule has 1 rings (SSSR count). The van der Waals surface area contributed by atoms with Crippen molar-refractivity contribution in [3.05, 3.63) is 12.3 Å². The molecule has 86 valence electrons. The van der Waals surface area contributed by atoms with E-state index in [9.17, 15) is 4.79 Å². The van der Waals surface area contributed by atoms with Crippen LogP contribution in [0, 0.1) is 0 Å². The molecule has 0 aromatic heterocycles. The molecule has 0 bridgehead atoms. The maximum atomic E-state index is 11.8. The average Bonchev–Trinajstić information content (AvgIpc) is 2.26. The molecule has 1 aliphatic rings.